The Morgan fingerprint density at radius 1 is 0.875 bits per heavy atom. The summed E-state index contributed by atoms with van der Waals surface area (Å²) in [7, 11) is 0. The molecule has 82 valence electrons. The van der Waals surface area contributed by atoms with Crippen molar-refractivity contribution in [1.29, 1.82) is 0 Å². The molecule has 0 aromatic heterocycles. The molecular formula is C12H7Br3O. The summed E-state index contributed by atoms with van der Waals surface area (Å²) in [6.45, 7) is 0. The molecule has 0 N–H and O–H groups in total. The minimum absolute atomic E-state index is 0.785. The fraction of sp³-hybridized carbons (Fsp3) is 0. The molecule has 2 aromatic carbocycles. The monoisotopic (exact) mass is 404 g/mol. The van der Waals surface area contributed by atoms with Gasteiger partial charge in [0.25, 0.3) is 0 Å². The summed E-state index contributed by atoms with van der Waals surface area (Å²) in [5.41, 5.74) is 0. The van der Waals surface area contributed by atoms with Crippen LogP contribution >= 0.6 is 47.8 Å². The van der Waals surface area contributed by atoms with Crippen LogP contribution in [0, 0.1) is 0 Å². The third kappa shape index (κ3) is 2.87. The fourth-order valence-corrected chi connectivity index (χ4v) is 2.29. The van der Waals surface area contributed by atoms with Crippen LogP contribution in [0.4, 0.5) is 0 Å². The van der Waals surface area contributed by atoms with Crippen molar-refractivity contribution in [3.63, 3.8) is 0 Å². The van der Waals surface area contributed by atoms with E-state index in [1.165, 1.54) is 0 Å². The predicted octanol–water partition coefficient (Wildman–Crippen LogP) is 5.77. The highest BCUT2D eigenvalue weighted by atomic mass is 79.9. The smallest absolute Gasteiger partial charge is 0.142 e. The third-order valence-electron chi connectivity index (χ3n) is 1.94. The van der Waals surface area contributed by atoms with E-state index in [2.05, 4.69) is 47.8 Å². The van der Waals surface area contributed by atoms with Crippen LogP contribution in [-0.2, 0) is 0 Å². The summed E-state index contributed by atoms with van der Waals surface area (Å²) in [5.74, 6) is 1.58. The van der Waals surface area contributed by atoms with Crippen molar-refractivity contribution in [1.82, 2.24) is 0 Å². The predicted molar refractivity (Wildman–Crippen MR) is 76.1 cm³/mol. The van der Waals surface area contributed by atoms with Crippen molar-refractivity contribution in [2.24, 2.45) is 0 Å². The molecular weight excluding hydrogens is 400 g/mol. The van der Waals surface area contributed by atoms with Gasteiger partial charge in [-0.15, -0.1) is 0 Å². The maximum atomic E-state index is 5.76. The highest BCUT2D eigenvalue weighted by molar-refractivity contribution is 9.13. The van der Waals surface area contributed by atoms with Crippen LogP contribution in [-0.4, -0.2) is 0 Å². The van der Waals surface area contributed by atoms with Gasteiger partial charge in [-0.05, 0) is 62.2 Å². The van der Waals surface area contributed by atoms with E-state index < -0.39 is 0 Å². The Morgan fingerprint density at radius 2 is 1.62 bits per heavy atom. The molecule has 4 heteroatoms. The van der Waals surface area contributed by atoms with Crippen LogP contribution in [0.15, 0.2) is 55.9 Å². The fourth-order valence-electron chi connectivity index (χ4n) is 1.22. The lowest BCUT2D eigenvalue weighted by Gasteiger charge is -2.08. The number of halogens is 3. The minimum Gasteiger partial charge on any atom is -0.456 e. The van der Waals surface area contributed by atoms with E-state index in [1.54, 1.807) is 0 Å². The standard InChI is InChI=1S/C12H7Br3O/c13-8-3-1-4-9(7-8)16-11-6-2-5-10(14)12(11)15/h1-7H. The van der Waals surface area contributed by atoms with Gasteiger partial charge < -0.3 is 4.74 Å². The van der Waals surface area contributed by atoms with Crippen LogP contribution in [0.5, 0.6) is 11.5 Å². The van der Waals surface area contributed by atoms with Crippen LogP contribution in [0.2, 0.25) is 0 Å². The quantitative estimate of drug-likeness (QED) is 0.615. The summed E-state index contributed by atoms with van der Waals surface area (Å²) in [5, 5.41) is 0. The first-order valence-corrected chi connectivity index (χ1v) is 6.92. The van der Waals surface area contributed by atoms with Crippen molar-refractivity contribution >= 4 is 47.8 Å². The Morgan fingerprint density at radius 3 is 2.38 bits per heavy atom. The Kier molecular flexibility index (Phi) is 4.05. The van der Waals surface area contributed by atoms with Gasteiger partial charge in [0.1, 0.15) is 11.5 Å². The van der Waals surface area contributed by atoms with E-state index in [-0.39, 0.29) is 0 Å². The molecule has 0 saturated carbocycles. The minimum atomic E-state index is 0.785. The van der Waals surface area contributed by atoms with Gasteiger partial charge in [-0.3, -0.25) is 0 Å². The van der Waals surface area contributed by atoms with Crippen molar-refractivity contribution in [3.05, 3.63) is 55.9 Å². The van der Waals surface area contributed by atoms with Gasteiger partial charge in [0.2, 0.25) is 0 Å². The van der Waals surface area contributed by atoms with Crippen LogP contribution < -0.4 is 4.74 Å². The molecule has 0 aliphatic rings. The van der Waals surface area contributed by atoms with Crippen molar-refractivity contribution in [2.75, 3.05) is 0 Å². The first kappa shape index (κ1) is 12.1. The van der Waals surface area contributed by atoms with Crippen LogP contribution in [0.3, 0.4) is 0 Å². The lowest BCUT2D eigenvalue weighted by atomic mass is 10.3. The van der Waals surface area contributed by atoms with Gasteiger partial charge in [-0.2, -0.15) is 0 Å². The largest absolute Gasteiger partial charge is 0.456 e. The average Bonchev–Trinajstić information content (AvgIpc) is 2.25. The molecule has 2 rings (SSSR count). The van der Waals surface area contributed by atoms with E-state index in [0.717, 1.165) is 24.9 Å². The summed E-state index contributed by atoms with van der Waals surface area (Å²) in [6, 6.07) is 13.5. The Labute approximate surface area is 119 Å². The summed E-state index contributed by atoms with van der Waals surface area (Å²) in [4.78, 5) is 0. The summed E-state index contributed by atoms with van der Waals surface area (Å²) >= 11 is 10.3. The molecule has 2 aromatic rings. The normalized spacial score (nSPS) is 10.2. The molecule has 0 heterocycles. The second kappa shape index (κ2) is 5.34. The lowest BCUT2D eigenvalue weighted by molar-refractivity contribution is 0.479. The molecule has 1 nitrogen and oxygen atoms in total. The van der Waals surface area contributed by atoms with E-state index in [1.807, 2.05) is 42.5 Å². The van der Waals surface area contributed by atoms with Gasteiger partial charge in [-0.25, -0.2) is 0 Å². The molecule has 0 unspecified atom stereocenters. The first-order valence-electron chi connectivity index (χ1n) is 4.54. The van der Waals surface area contributed by atoms with Crippen molar-refractivity contribution in [3.8, 4) is 11.5 Å². The highest BCUT2D eigenvalue weighted by Crippen LogP contribution is 2.35. The molecule has 0 radical (unpaired) electrons. The number of benzene rings is 2. The Bertz CT molecular complexity index is 511. The molecule has 0 atom stereocenters. The molecule has 0 aliphatic carbocycles. The zero-order valence-corrected chi connectivity index (χ0v) is 12.8. The molecule has 0 aliphatic heterocycles. The number of ether oxygens (including phenoxy) is 1. The SMILES string of the molecule is Brc1cccc(Oc2cccc(Br)c2Br)c1. The van der Waals surface area contributed by atoms with Crippen molar-refractivity contribution in [2.45, 2.75) is 0 Å². The third-order valence-corrected chi connectivity index (χ3v) is 4.44. The Balaban J connectivity index is 2.31. The summed E-state index contributed by atoms with van der Waals surface area (Å²) < 4.78 is 8.64. The van der Waals surface area contributed by atoms with Gasteiger partial charge in [-0.1, -0.05) is 28.1 Å². The first-order chi connectivity index (χ1) is 7.66. The molecule has 16 heavy (non-hydrogen) atoms. The molecule has 0 fully saturated rings. The van der Waals surface area contributed by atoms with E-state index in [9.17, 15) is 0 Å². The van der Waals surface area contributed by atoms with Crippen molar-refractivity contribution < 1.29 is 4.74 Å². The lowest BCUT2D eigenvalue weighted by Crippen LogP contribution is -1.85. The van der Waals surface area contributed by atoms with E-state index in [4.69, 9.17) is 4.74 Å². The molecule has 0 bridgehead atoms. The van der Waals surface area contributed by atoms with E-state index >= 15 is 0 Å². The van der Waals surface area contributed by atoms with Crippen LogP contribution in [0.1, 0.15) is 0 Å². The topological polar surface area (TPSA) is 9.23 Å². The summed E-state index contributed by atoms with van der Waals surface area (Å²) in [6.07, 6.45) is 0. The second-order valence-corrected chi connectivity index (χ2v) is 5.67. The maximum absolute atomic E-state index is 5.76. The van der Waals surface area contributed by atoms with Crippen LogP contribution in [0.25, 0.3) is 0 Å². The Hall–Kier alpha value is -0.320. The number of hydrogen-bond acceptors (Lipinski definition) is 1. The van der Waals surface area contributed by atoms with Gasteiger partial charge in [0.15, 0.2) is 0 Å². The molecule has 0 saturated heterocycles. The molecule has 0 amide bonds. The van der Waals surface area contributed by atoms with Gasteiger partial charge >= 0.3 is 0 Å². The average molecular weight is 407 g/mol. The highest BCUT2D eigenvalue weighted by Gasteiger charge is 2.05. The number of rotatable bonds is 2. The number of hydrogen-bond donors (Lipinski definition) is 0. The maximum Gasteiger partial charge on any atom is 0.142 e. The second-order valence-electron chi connectivity index (χ2n) is 3.11. The van der Waals surface area contributed by atoms with Gasteiger partial charge in [0, 0.05) is 8.95 Å². The van der Waals surface area contributed by atoms with E-state index in [0.29, 0.717) is 0 Å². The van der Waals surface area contributed by atoms with Gasteiger partial charge in [0.05, 0.1) is 4.47 Å². The molecule has 0 spiro atoms. The zero-order chi connectivity index (χ0) is 11.5. The zero-order valence-electron chi connectivity index (χ0n) is 8.08.